The molecule has 17 heavy (non-hydrogen) atoms. The van der Waals surface area contributed by atoms with Crippen LogP contribution in [0, 0.1) is 0 Å². The number of hydrogen-bond donors (Lipinski definition) is 1. The molecule has 0 aliphatic rings. The van der Waals surface area contributed by atoms with Gasteiger partial charge in [-0.3, -0.25) is 0 Å². The lowest BCUT2D eigenvalue weighted by molar-refractivity contribution is 0.744. The van der Waals surface area contributed by atoms with E-state index in [2.05, 4.69) is 58.2 Å². The van der Waals surface area contributed by atoms with Gasteiger partial charge in [0.2, 0.25) is 0 Å². The highest BCUT2D eigenvalue weighted by Crippen LogP contribution is 2.19. The van der Waals surface area contributed by atoms with E-state index in [1.165, 1.54) is 0 Å². The summed E-state index contributed by atoms with van der Waals surface area (Å²) in [5, 5.41) is 3.46. The highest BCUT2D eigenvalue weighted by atomic mass is 79.9. The van der Waals surface area contributed by atoms with Crippen LogP contribution in [0.2, 0.25) is 0 Å². The van der Waals surface area contributed by atoms with Crippen LogP contribution in [0.3, 0.4) is 0 Å². The van der Waals surface area contributed by atoms with Gasteiger partial charge < -0.3 is 5.32 Å². The number of hydrogen-bond acceptors (Lipinski definition) is 4. The Kier molecular flexibility index (Phi) is 6.27. The molecule has 0 aliphatic heterocycles. The van der Waals surface area contributed by atoms with E-state index in [-0.39, 0.29) is 0 Å². The van der Waals surface area contributed by atoms with Gasteiger partial charge in [-0.1, -0.05) is 20.8 Å². The molecule has 1 aromatic rings. The molecule has 1 rings (SSSR count). The first kappa shape index (κ1) is 14.8. The van der Waals surface area contributed by atoms with Crippen LogP contribution < -0.4 is 5.32 Å². The number of thioether (sulfide) groups is 1. The SMILES string of the molecule is CCC(CSC)Nc1cc(Br)nc(C(C)C)n1. The van der Waals surface area contributed by atoms with Crippen molar-refractivity contribution in [1.82, 2.24) is 9.97 Å². The Labute approximate surface area is 116 Å². The third-order valence-corrected chi connectivity index (χ3v) is 3.58. The van der Waals surface area contributed by atoms with Crippen molar-refractivity contribution in [3.05, 3.63) is 16.5 Å². The monoisotopic (exact) mass is 317 g/mol. The van der Waals surface area contributed by atoms with E-state index in [1.54, 1.807) is 0 Å². The molecular formula is C12H20BrN3S. The fourth-order valence-electron chi connectivity index (χ4n) is 1.44. The second-order valence-electron chi connectivity index (χ2n) is 4.29. The summed E-state index contributed by atoms with van der Waals surface area (Å²) in [5.74, 6) is 3.22. The predicted octanol–water partition coefficient (Wildman–Crippen LogP) is 3.92. The van der Waals surface area contributed by atoms with Crippen molar-refractivity contribution in [3.8, 4) is 0 Å². The van der Waals surface area contributed by atoms with E-state index in [0.717, 1.165) is 28.4 Å². The Morgan fingerprint density at radius 2 is 2.12 bits per heavy atom. The zero-order valence-electron chi connectivity index (χ0n) is 10.8. The van der Waals surface area contributed by atoms with Gasteiger partial charge in [0.25, 0.3) is 0 Å². The standard InChI is InChI=1S/C12H20BrN3S/c1-5-9(7-17-4)14-11-6-10(13)15-12(16-11)8(2)3/h6,8-9H,5,7H2,1-4H3,(H,14,15,16). The van der Waals surface area contributed by atoms with Crippen molar-refractivity contribution >= 4 is 33.5 Å². The highest BCUT2D eigenvalue weighted by Gasteiger charge is 2.10. The fourth-order valence-corrected chi connectivity index (χ4v) is 2.56. The lowest BCUT2D eigenvalue weighted by Crippen LogP contribution is -2.22. The van der Waals surface area contributed by atoms with Crippen LogP contribution >= 0.6 is 27.7 Å². The summed E-state index contributed by atoms with van der Waals surface area (Å²) in [7, 11) is 0. The minimum Gasteiger partial charge on any atom is -0.366 e. The zero-order chi connectivity index (χ0) is 12.8. The van der Waals surface area contributed by atoms with Crippen LogP contribution in [0.4, 0.5) is 5.82 Å². The quantitative estimate of drug-likeness (QED) is 0.807. The highest BCUT2D eigenvalue weighted by molar-refractivity contribution is 9.10. The lowest BCUT2D eigenvalue weighted by atomic mass is 10.2. The predicted molar refractivity (Wildman–Crippen MR) is 79.9 cm³/mol. The fraction of sp³-hybridized carbons (Fsp3) is 0.667. The van der Waals surface area contributed by atoms with Gasteiger partial charge >= 0.3 is 0 Å². The van der Waals surface area contributed by atoms with Gasteiger partial charge in [0.15, 0.2) is 0 Å². The van der Waals surface area contributed by atoms with E-state index in [4.69, 9.17) is 0 Å². The summed E-state index contributed by atoms with van der Waals surface area (Å²) >= 11 is 5.29. The van der Waals surface area contributed by atoms with E-state index in [0.29, 0.717) is 12.0 Å². The smallest absolute Gasteiger partial charge is 0.134 e. The maximum absolute atomic E-state index is 4.54. The van der Waals surface area contributed by atoms with Crippen molar-refractivity contribution in [2.45, 2.75) is 39.2 Å². The average molecular weight is 318 g/mol. The van der Waals surface area contributed by atoms with Gasteiger partial charge in [-0.2, -0.15) is 11.8 Å². The average Bonchev–Trinajstić information content (AvgIpc) is 2.27. The zero-order valence-corrected chi connectivity index (χ0v) is 13.2. The third-order valence-electron chi connectivity index (χ3n) is 2.44. The van der Waals surface area contributed by atoms with E-state index in [1.807, 2.05) is 17.8 Å². The summed E-state index contributed by atoms with van der Waals surface area (Å²) in [4.78, 5) is 8.91. The summed E-state index contributed by atoms with van der Waals surface area (Å²) in [6.07, 6.45) is 3.22. The van der Waals surface area contributed by atoms with Crippen LogP contribution in [-0.4, -0.2) is 28.0 Å². The number of aromatic nitrogens is 2. The minimum absolute atomic E-state index is 0.341. The molecular weight excluding hydrogens is 298 g/mol. The molecule has 96 valence electrons. The Hall–Kier alpha value is -0.290. The summed E-state index contributed by atoms with van der Waals surface area (Å²) in [6.45, 7) is 6.39. The Morgan fingerprint density at radius 3 is 2.65 bits per heavy atom. The van der Waals surface area contributed by atoms with E-state index >= 15 is 0 Å². The Bertz CT molecular complexity index is 358. The number of rotatable bonds is 6. The molecule has 0 aliphatic carbocycles. The Balaban J connectivity index is 2.82. The van der Waals surface area contributed by atoms with Crippen LogP contribution in [-0.2, 0) is 0 Å². The summed E-state index contributed by atoms with van der Waals surface area (Å²) in [5.41, 5.74) is 0. The maximum Gasteiger partial charge on any atom is 0.134 e. The molecule has 1 aromatic heterocycles. The molecule has 0 saturated heterocycles. The van der Waals surface area contributed by atoms with Crippen molar-refractivity contribution in [2.75, 3.05) is 17.3 Å². The molecule has 0 fully saturated rings. The van der Waals surface area contributed by atoms with E-state index < -0.39 is 0 Å². The van der Waals surface area contributed by atoms with Crippen molar-refractivity contribution in [3.63, 3.8) is 0 Å². The van der Waals surface area contributed by atoms with E-state index in [9.17, 15) is 0 Å². The molecule has 0 radical (unpaired) electrons. The molecule has 1 heterocycles. The second-order valence-corrected chi connectivity index (χ2v) is 6.02. The number of nitrogens with zero attached hydrogens (tertiary/aromatic N) is 2. The van der Waals surface area contributed by atoms with Crippen LogP contribution in [0.25, 0.3) is 0 Å². The van der Waals surface area contributed by atoms with Crippen LogP contribution in [0.15, 0.2) is 10.7 Å². The third kappa shape index (κ3) is 4.84. The first-order chi connectivity index (χ1) is 8.06. The molecule has 5 heteroatoms. The first-order valence-electron chi connectivity index (χ1n) is 5.86. The Morgan fingerprint density at radius 1 is 1.41 bits per heavy atom. The topological polar surface area (TPSA) is 37.8 Å². The van der Waals surface area contributed by atoms with Gasteiger partial charge in [0, 0.05) is 23.8 Å². The summed E-state index contributed by atoms with van der Waals surface area (Å²) < 4.78 is 0.845. The molecule has 3 nitrogen and oxygen atoms in total. The number of halogens is 1. The summed E-state index contributed by atoms with van der Waals surface area (Å²) in [6, 6.07) is 2.40. The molecule has 1 N–H and O–H groups in total. The van der Waals surface area contributed by atoms with Crippen molar-refractivity contribution in [2.24, 2.45) is 0 Å². The maximum atomic E-state index is 4.54. The minimum atomic E-state index is 0.341. The second kappa shape index (κ2) is 7.21. The van der Waals surface area contributed by atoms with Crippen molar-refractivity contribution in [1.29, 1.82) is 0 Å². The molecule has 1 unspecified atom stereocenters. The first-order valence-corrected chi connectivity index (χ1v) is 8.05. The molecule has 0 spiro atoms. The lowest BCUT2D eigenvalue weighted by Gasteiger charge is -2.17. The molecule has 0 amide bonds. The van der Waals surface area contributed by atoms with Crippen LogP contribution in [0.1, 0.15) is 38.9 Å². The van der Waals surface area contributed by atoms with Gasteiger partial charge in [-0.05, 0) is 28.6 Å². The van der Waals surface area contributed by atoms with Crippen LogP contribution in [0.5, 0.6) is 0 Å². The largest absolute Gasteiger partial charge is 0.366 e. The normalized spacial score (nSPS) is 12.8. The molecule has 0 aromatic carbocycles. The molecule has 0 saturated carbocycles. The van der Waals surface area contributed by atoms with Crippen molar-refractivity contribution < 1.29 is 0 Å². The van der Waals surface area contributed by atoms with Gasteiger partial charge in [0.05, 0.1) is 0 Å². The number of anilines is 1. The van der Waals surface area contributed by atoms with Gasteiger partial charge in [-0.25, -0.2) is 9.97 Å². The number of nitrogens with one attached hydrogen (secondary N) is 1. The van der Waals surface area contributed by atoms with Gasteiger partial charge in [0.1, 0.15) is 16.2 Å². The van der Waals surface area contributed by atoms with Gasteiger partial charge in [-0.15, -0.1) is 0 Å². The molecule has 1 atom stereocenters. The molecule has 0 bridgehead atoms.